The maximum absolute atomic E-state index is 5.77. The maximum atomic E-state index is 5.77. The number of aromatic nitrogens is 1. The standard InChI is InChI=1S/C14H16N2O2S/c1-15-11(9-13-16-5-8-19-13)10-3-2-4-12-14(10)18-7-6-17-12/h2-5,8,11,15H,6-7,9H2,1H3. The van der Waals surface area contributed by atoms with E-state index in [0.717, 1.165) is 28.5 Å². The van der Waals surface area contributed by atoms with Gasteiger partial charge in [-0.05, 0) is 13.1 Å². The molecule has 1 aliphatic rings. The number of fused-ring (bicyclic) bond motifs is 1. The Balaban J connectivity index is 1.90. The van der Waals surface area contributed by atoms with Gasteiger partial charge in [0.2, 0.25) is 0 Å². The molecule has 0 amide bonds. The smallest absolute Gasteiger partial charge is 0.166 e. The molecule has 1 aliphatic heterocycles. The minimum Gasteiger partial charge on any atom is -0.486 e. The third-order valence-corrected chi connectivity index (χ3v) is 3.98. The molecule has 1 aromatic heterocycles. The van der Waals surface area contributed by atoms with Gasteiger partial charge in [-0.25, -0.2) is 4.98 Å². The Hall–Kier alpha value is -1.59. The van der Waals surface area contributed by atoms with Crippen LogP contribution >= 0.6 is 11.3 Å². The SMILES string of the molecule is CNC(Cc1nccs1)c1cccc2c1OCCO2. The highest BCUT2D eigenvalue weighted by Crippen LogP contribution is 2.37. The minimum absolute atomic E-state index is 0.183. The van der Waals surface area contributed by atoms with E-state index in [-0.39, 0.29) is 6.04 Å². The molecule has 2 aromatic rings. The fraction of sp³-hybridized carbons (Fsp3) is 0.357. The van der Waals surface area contributed by atoms with E-state index < -0.39 is 0 Å². The fourth-order valence-corrected chi connectivity index (χ4v) is 2.93. The second-order valence-electron chi connectivity index (χ2n) is 4.34. The normalized spacial score (nSPS) is 15.2. The Labute approximate surface area is 116 Å². The summed E-state index contributed by atoms with van der Waals surface area (Å²) in [6.07, 6.45) is 2.70. The van der Waals surface area contributed by atoms with E-state index in [0.29, 0.717) is 13.2 Å². The molecule has 0 saturated heterocycles. The lowest BCUT2D eigenvalue weighted by atomic mass is 10.0. The van der Waals surface area contributed by atoms with Gasteiger partial charge in [0.25, 0.3) is 0 Å². The van der Waals surface area contributed by atoms with Gasteiger partial charge in [-0.15, -0.1) is 11.3 Å². The highest BCUT2D eigenvalue weighted by Gasteiger charge is 2.21. The maximum Gasteiger partial charge on any atom is 0.166 e. The van der Waals surface area contributed by atoms with Crippen molar-refractivity contribution >= 4 is 11.3 Å². The molecule has 1 N–H and O–H groups in total. The quantitative estimate of drug-likeness (QED) is 0.931. The molecule has 0 fully saturated rings. The van der Waals surface area contributed by atoms with Crippen molar-refractivity contribution in [3.8, 4) is 11.5 Å². The lowest BCUT2D eigenvalue weighted by Gasteiger charge is -2.24. The molecule has 4 nitrogen and oxygen atoms in total. The number of nitrogens with one attached hydrogen (secondary N) is 1. The zero-order valence-corrected chi connectivity index (χ0v) is 11.6. The van der Waals surface area contributed by atoms with Gasteiger partial charge in [0, 0.05) is 29.6 Å². The van der Waals surface area contributed by atoms with Crippen LogP contribution in [0.15, 0.2) is 29.8 Å². The summed E-state index contributed by atoms with van der Waals surface area (Å²) >= 11 is 1.68. The van der Waals surface area contributed by atoms with Crippen LogP contribution in [0.25, 0.3) is 0 Å². The first-order valence-corrected chi connectivity index (χ1v) is 7.20. The molecule has 1 atom stereocenters. The van der Waals surface area contributed by atoms with E-state index in [1.807, 2.05) is 30.8 Å². The van der Waals surface area contributed by atoms with Crippen LogP contribution in [0, 0.1) is 0 Å². The molecular formula is C14H16N2O2S. The number of rotatable bonds is 4. The van der Waals surface area contributed by atoms with Crippen molar-refractivity contribution in [2.24, 2.45) is 0 Å². The summed E-state index contributed by atoms with van der Waals surface area (Å²) < 4.78 is 11.4. The molecule has 3 rings (SSSR count). The summed E-state index contributed by atoms with van der Waals surface area (Å²) in [5.41, 5.74) is 1.13. The highest BCUT2D eigenvalue weighted by atomic mass is 32.1. The Morgan fingerprint density at radius 2 is 2.26 bits per heavy atom. The molecule has 19 heavy (non-hydrogen) atoms. The number of benzene rings is 1. The number of hydrogen-bond donors (Lipinski definition) is 1. The number of hydrogen-bond acceptors (Lipinski definition) is 5. The van der Waals surface area contributed by atoms with Crippen molar-refractivity contribution in [2.45, 2.75) is 12.5 Å². The van der Waals surface area contributed by atoms with E-state index in [1.165, 1.54) is 0 Å². The summed E-state index contributed by atoms with van der Waals surface area (Å²) in [4.78, 5) is 4.35. The van der Waals surface area contributed by atoms with Gasteiger partial charge >= 0.3 is 0 Å². The monoisotopic (exact) mass is 276 g/mol. The third-order valence-electron chi connectivity index (χ3n) is 3.18. The molecule has 0 bridgehead atoms. The summed E-state index contributed by atoms with van der Waals surface area (Å²) in [7, 11) is 1.96. The Kier molecular flexibility index (Phi) is 3.66. The molecule has 1 unspecified atom stereocenters. The van der Waals surface area contributed by atoms with Crippen LogP contribution in [0.3, 0.4) is 0 Å². The highest BCUT2D eigenvalue weighted by molar-refractivity contribution is 7.09. The summed E-state index contributed by atoms with van der Waals surface area (Å²) in [5.74, 6) is 1.70. The second-order valence-corrected chi connectivity index (χ2v) is 5.32. The van der Waals surface area contributed by atoms with E-state index in [4.69, 9.17) is 9.47 Å². The Bertz CT molecular complexity index is 542. The fourth-order valence-electron chi connectivity index (χ4n) is 2.27. The molecular weight excluding hydrogens is 260 g/mol. The molecule has 0 radical (unpaired) electrons. The van der Waals surface area contributed by atoms with Crippen molar-refractivity contribution in [3.05, 3.63) is 40.3 Å². The van der Waals surface area contributed by atoms with Gasteiger partial charge in [0.1, 0.15) is 13.2 Å². The van der Waals surface area contributed by atoms with Crippen LogP contribution in [0.4, 0.5) is 0 Å². The molecule has 0 saturated carbocycles. The van der Waals surface area contributed by atoms with Gasteiger partial charge in [0.15, 0.2) is 11.5 Å². The topological polar surface area (TPSA) is 43.4 Å². The molecule has 1 aromatic carbocycles. The van der Waals surface area contributed by atoms with E-state index in [1.54, 1.807) is 11.3 Å². The average molecular weight is 276 g/mol. The predicted octanol–water partition coefficient (Wildman–Crippen LogP) is 2.42. The van der Waals surface area contributed by atoms with Crippen molar-refractivity contribution in [1.29, 1.82) is 0 Å². The molecule has 0 aliphatic carbocycles. The Morgan fingerprint density at radius 1 is 1.37 bits per heavy atom. The second kappa shape index (κ2) is 5.59. The van der Waals surface area contributed by atoms with Crippen LogP contribution < -0.4 is 14.8 Å². The Morgan fingerprint density at radius 3 is 3.05 bits per heavy atom. The lowest BCUT2D eigenvalue weighted by molar-refractivity contribution is 0.168. The lowest BCUT2D eigenvalue weighted by Crippen LogP contribution is -2.22. The van der Waals surface area contributed by atoms with Crippen molar-refractivity contribution in [2.75, 3.05) is 20.3 Å². The largest absolute Gasteiger partial charge is 0.486 e. The first-order chi connectivity index (χ1) is 9.38. The predicted molar refractivity (Wildman–Crippen MR) is 75.1 cm³/mol. The van der Waals surface area contributed by atoms with Crippen LogP contribution in [0.1, 0.15) is 16.6 Å². The average Bonchev–Trinajstić information content (AvgIpc) is 2.97. The first kappa shape index (κ1) is 12.4. The first-order valence-electron chi connectivity index (χ1n) is 6.32. The van der Waals surface area contributed by atoms with Crippen LogP contribution in [-0.4, -0.2) is 25.2 Å². The molecule has 5 heteroatoms. The molecule has 0 spiro atoms. The number of likely N-dealkylation sites (N-methyl/N-ethyl adjacent to an activating group) is 1. The minimum atomic E-state index is 0.183. The zero-order valence-electron chi connectivity index (χ0n) is 10.8. The number of thiazole rings is 1. The van der Waals surface area contributed by atoms with Crippen LogP contribution in [0.5, 0.6) is 11.5 Å². The molecule has 100 valence electrons. The number of para-hydroxylation sites is 1. The third kappa shape index (κ3) is 2.57. The van der Waals surface area contributed by atoms with E-state index >= 15 is 0 Å². The van der Waals surface area contributed by atoms with Gasteiger partial charge in [-0.2, -0.15) is 0 Å². The van der Waals surface area contributed by atoms with E-state index in [9.17, 15) is 0 Å². The van der Waals surface area contributed by atoms with Crippen LogP contribution in [0.2, 0.25) is 0 Å². The van der Waals surface area contributed by atoms with Crippen molar-refractivity contribution < 1.29 is 9.47 Å². The summed E-state index contributed by atoms with van der Waals surface area (Å²) in [6.45, 7) is 1.23. The number of ether oxygens (including phenoxy) is 2. The van der Waals surface area contributed by atoms with Gasteiger partial charge < -0.3 is 14.8 Å². The van der Waals surface area contributed by atoms with Gasteiger partial charge in [-0.1, -0.05) is 12.1 Å². The van der Waals surface area contributed by atoms with E-state index in [2.05, 4.69) is 16.4 Å². The summed E-state index contributed by atoms with van der Waals surface area (Å²) in [5, 5.41) is 6.46. The van der Waals surface area contributed by atoms with Crippen LogP contribution in [-0.2, 0) is 6.42 Å². The zero-order chi connectivity index (χ0) is 13.1. The van der Waals surface area contributed by atoms with Crippen molar-refractivity contribution in [3.63, 3.8) is 0 Å². The summed E-state index contributed by atoms with van der Waals surface area (Å²) in [6, 6.07) is 6.23. The molecule has 2 heterocycles. The van der Waals surface area contributed by atoms with Gasteiger partial charge in [-0.3, -0.25) is 0 Å². The van der Waals surface area contributed by atoms with Gasteiger partial charge in [0.05, 0.1) is 5.01 Å². The van der Waals surface area contributed by atoms with Crippen molar-refractivity contribution in [1.82, 2.24) is 10.3 Å². The number of nitrogens with zero attached hydrogens (tertiary/aromatic N) is 1.